The van der Waals surface area contributed by atoms with Crippen LogP contribution in [0.15, 0.2) is 30.3 Å². The maximum absolute atomic E-state index is 12.2. The van der Waals surface area contributed by atoms with Crippen molar-refractivity contribution in [1.29, 1.82) is 0 Å². The molecule has 0 unspecified atom stereocenters. The van der Waals surface area contributed by atoms with Crippen LogP contribution in [-0.4, -0.2) is 62.0 Å². The molecule has 0 spiro atoms. The van der Waals surface area contributed by atoms with Crippen molar-refractivity contribution in [3.63, 3.8) is 0 Å². The van der Waals surface area contributed by atoms with Crippen LogP contribution in [0.25, 0.3) is 0 Å². The van der Waals surface area contributed by atoms with E-state index >= 15 is 0 Å². The van der Waals surface area contributed by atoms with Gasteiger partial charge in [-0.15, -0.1) is 0 Å². The van der Waals surface area contributed by atoms with E-state index in [2.05, 4.69) is 16.7 Å². The molecule has 1 aromatic rings. The first-order chi connectivity index (χ1) is 9.20. The van der Waals surface area contributed by atoms with Gasteiger partial charge in [0.2, 0.25) is 5.91 Å². The molecular weight excluding hydrogens is 238 g/mol. The third kappa shape index (κ3) is 3.78. The molecule has 0 saturated carbocycles. The highest BCUT2D eigenvalue weighted by Crippen LogP contribution is 2.11. The van der Waals surface area contributed by atoms with E-state index in [4.69, 9.17) is 0 Å². The van der Waals surface area contributed by atoms with Gasteiger partial charge in [0.15, 0.2) is 0 Å². The molecule has 0 atom stereocenters. The molecule has 0 aliphatic carbocycles. The molecule has 19 heavy (non-hydrogen) atoms. The topological polar surface area (TPSA) is 26.8 Å². The van der Waals surface area contributed by atoms with E-state index in [1.165, 1.54) is 0 Å². The van der Waals surface area contributed by atoms with Crippen LogP contribution >= 0.6 is 0 Å². The Labute approximate surface area is 115 Å². The Morgan fingerprint density at radius 3 is 2.26 bits per heavy atom. The summed E-state index contributed by atoms with van der Waals surface area (Å²) < 4.78 is 0. The van der Waals surface area contributed by atoms with E-state index in [0.717, 1.165) is 38.4 Å². The minimum Gasteiger partial charge on any atom is -0.314 e. The molecule has 2 rings (SSSR count). The lowest BCUT2D eigenvalue weighted by Crippen LogP contribution is -2.49. The Kier molecular flexibility index (Phi) is 4.93. The van der Waals surface area contributed by atoms with Gasteiger partial charge in [0.25, 0.3) is 0 Å². The van der Waals surface area contributed by atoms with Gasteiger partial charge < -0.3 is 9.80 Å². The Bertz CT molecular complexity index is 399. The normalized spacial score (nSPS) is 17.4. The molecule has 1 aliphatic heterocycles. The zero-order chi connectivity index (χ0) is 13.7. The number of carbonyl (C=O) groups is 1. The Balaban J connectivity index is 1.85. The van der Waals surface area contributed by atoms with Gasteiger partial charge in [-0.3, -0.25) is 9.69 Å². The molecule has 104 valence electrons. The standard InChI is InChI=1S/C15H23N3O/c1-3-17-9-11-18(12-10-17)13-15(19)16(2)14-7-5-4-6-8-14/h4-8H,3,9-13H2,1-2H3. The quantitative estimate of drug-likeness (QED) is 0.817. The Morgan fingerprint density at radius 1 is 1.11 bits per heavy atom. The second kappa shape index (κ2) is 6.68. The number of benzene rings is 1. The molecule has 4 heteroatoms. The summed E-state index contributed by atoms with van der Waals surface area (Å²) in [4.78, 5) is 18.6. The predicted octanol–water partition coefficient (Wildman–Crippen LogP) is 1.29. The fourth-order valence-electron chi connectivity index (χ4n) is 2.36. The first kappa shape index (κ1) is 14.0. The van der Waals surface area contributed by atoms with Crippen LogP contribution in [0.5, 0.6) is 0 Å². The zero-order valence-electron chi connectivity index (χ0n) is 11.9. The average Bonchev–Trinajstić information content (AvgIpc) is 2.48. The lowest BCUT2D eigenvalue weighted by Gasteiger charge is -2.34. The van der Waals surface area contributed by atoms with Crippen LogP contribution in [0.1, 0.15) is 6.92 Å². The van der Waals surface area contributed by atoms with Crippen LogP contribution in [0.3, 0.4) is 0 Å². The molecule has 0 bridgehead atoms. The number of carbonyl (C=O) groups excluding carboxylic acids is 1. The largest absolute Gasteiger partial charge is 0.314 e. The van der Waals surface area contributed by atoms with Crippen LogP contribution in [-0.2, 0) is 4.79 Å². The van der Waals surface area contributed by atoms with Crippen molar-refractivity contribution in [3.8, 4) is 0 Å². The first-order valence-corrected chi connectivity index (χ1v) is 6.97. The number of hydrogen-bond donors (Lipinski definition) is 0. The van der Waals surface area contributed by atoms with Crippen molar-refractivity contribution in [3.05, 3.63) is 30.3 Å². The van der Waals surface area contributed by atoms with Gasteiger partial charge in [0.1, 0.15) is 0 Å². The SMILES string of the molecule is CCN1CCN(CC(=O)N(C)c2ccccc2)CC1. The third-order valence-corrected chi connectivity index (χ3v) is 3.79. The van der Waals surface area contributed by atoms with E-state index in [9.17, 15) is 4.79 Å². The van der Waals surface area contributed by atoms with Crippen molar-refractivity contribution in [2.45, 2.75) is 6.92 Å². The van der Waals surface area contributed by atoms with Crippen LogP contribution in [0.4, 0.5) is 5.69 Å². The van der Waals surface area contributed by atoms with Gasteiger partial charge in [0.05, 0.1) is 6.54 Å². The van der Waals surface area contributed by atoms with Crippen LogP contribution < -0.4 is 4.90 Å². The second-order valence-corrected chi connectivity index (χ2v) is 5.00. The monoisotopic (exact) mass is 261 g/mol. The van der Waals surface area contributed by atoms with Crippen molar-refractivity contribution >= 4 is 11.6 Å². The predicted molar refractivity (Wildman–Crippen MR) is 78.4 cm³/mol. The summed E-state index contributed by atoms with van der Waals surface area (Å²) in [5.74, 6) is 0.163. The summed E-state index contributed by atoms with van der Waals surface area (Å²) in [5, 5.41) is 0. The number of hydrogen-bond acceptors (Lipinski definition) is 3. The maximum Gasteiger partial charge on any atom is 0.240 e. The molecule has 1 heterocycles. The molecule has 1 aromatic carbocycles. The molecule has 1 fully saturated rings. The fourth-order valence-corrected chi connectivity index (χ4v) is 2.36. The minimum absolute atomic E-state index is 0.163. The molecule has 4 nitrogen and oxygen atoms in total. The highest BCUT2D eigenvalue weighted by Gasteiger charge is 2.19. The molecule has 1 saturated heterocycles. The second-order valence-electron chi connectivity index (χ2n) is 5.00. The van der Waals surface area contributed by atoms with E-state index in [0.29, 0.717) is 6.54 Å². The maximum atomic E-state index is 12.2. The van der Waals surface area contributed by atoms with Gasteiger partial charge in [0, 0.05) is 38.9 Å². The Morgan fingerprint density at radius 2 is 1.68 bits per heavy atom. The fraction of sp³-hybridized carbons (Fsp3) is 0.533. The molecular formula is C15H23N3O. The van der Waals surface area contributed by atoms with Gasteiger partial charge in [-0.25, -0.2) is 0 Å². The molecule has 1 amide bonds. The number of piperazine rings is 1. The summed E-state index contributed by atoms with van der Waals surface area (Å²) in [6.07, 6.45) is 0. The number of anilines is 1. The van der Waals surface area contributed by atoms with Crippen molar-refractivity contribution < 1.29 is 4.79 Å². The van der Waals surface area contributed by atoms with Gasteiger partial charge in [-0.2, -0.15) is 0 Å². The minimum atomic E-state index is 0.163. The summed E-state index contributed by atoms with van der Waals surface area (Å²) in [7, 11) is 1.85. The average molecular weight is 261 g/mol. The third-order valence-electron chi connectivity index (χ3n) is 3.79. The number of para-hydroxylation sites is 1. The van der Waals surface area contributed by atoms with E-state index < -0.39 is 0 Å². The summed E-state index contributed by atoms with van der Waals surface area (Å²) >= 11 is 0. The van der Waals surface area contributed by atoms with Crippen LogP contribution in [0.2, 0.25) is 0 Å². The van der Waals surface area contributed by atoms with E-state index in [1.807, 2.05) is 37.4 Å². The van der Waals surface area contributed by atoms with E-state index in [-0.39, 0.29) is 5.91 Å². The number of rotatable bonds is 4. The van der Waals surface area contributed by atoms with Crippen molar-refractivity contribution in [2.24, 2.45) is 0 Å². The summed E-state index contributed by atoms with van der Waals surface area (Å²) in [6.45, 7) is 7.92. The zero-order valence-corrected chi connectivity index (χ0v) is 11.9. The number of amides is 1. The smallest absolute Gasteiger partial charge is 0.240 e. The number of nitrogens with zero attached hydrogens (tertiary/aromatic N) is 3. The first-order valence-electron chi connectivity index (χ1n) is 6.97. The highest BCUT2D eigenvalue weighted by molar-refractivity contribution is 5.94. The van der Waals surface area contributed by atoms with Crippen molar-refractivity contribution in [1.82, 2.24) is 9.80 Å². The summed E-state index contributed by atoms with van der Waals surface area (Å²) in [5.41, 5.74) is 0.958. The lowest BCUT2D eigenvalue weighted by molar-refractivity contribution is -0.119. The molecule has 0 radical (unpaired) electrons. The van der Waals surface area contributed by atoms with Gasteiger partial charge in [-0.1, -0.05) is 25.1 Å². The Hall–Kier alpha value is -1.39. The van der Waals surface area contributed by atoms with Crippen molar-refractivity contribution in [2.75, 3.05) is 51.2 Å². The number of likely N-dealkylation sites (N-methyl/N-ethyl adjacent to an activating group) is 2. The van der Waals surface area contributed by atoms with E-state index in [1.54, 1.807) is 4.90 Å². The van der Waals surface area contributed by atoms with Gasteiger partial charge >= 0.3 is 0 Å². The molecule has 0 aromatic heterocycles. The molecule has 1 aliphatic rings. The van der Waals surface area contributed by atoms with Crippen LogP contribution in [0, 0.1) is 0 Å². The lowest BCUT2D eigenvalue weighted by atomic mass is 10.2. The highest BCUT2D eigenvalue weighted by atomic mass is 16.2. The molecule has 0 N–H and O–H groups in total. The summed E-state index contributed by atoms with van der Waals surface area (Å²) in [6, 6.07) is 9.81. The van der Waals surface area contributed by atoms with Gasteiger partial charge in [-0.05, 0) is 18.7 Å².